The molecule has 2 atom stereocenters. The number of nitrogens with zero attached hydrogens (tertiary/aromatic N) is 1. The van der Waals surface area contributed by atoms with Crippen molar-refractivity contribution < 1.29 is 14.3 Å². The number of methoxy groups -OCH3 is 1. The summed E-state index contributed by atoms with van der Waals surface area (Å²) in [4.78, 5) is 24.6. The van der Waals surface area contributed by atoms with Gasteiger partial charge in [-0.3, -0.25) is 25.5 Å². The van der Waals surface area contributed by atoms with Gasteiger partial charge in [-0.1, -0.05) is 29.8 Å². The van der Waals surface area contributed by atoms with Crippen LogP contribution in [0.15, 0.2) is 54.6 Å². The zero-order valence-electron chi connectivity index (χ0n) is 15.6. The lowest BCUT2D eigenvalue weighted by Crippen LogP contribution is -2.42. The van der Waals surface area contributed by atoms with Gasteiger partial charge in [-0.15, -0.1) is 0 Å². The largest absolute Gasteiger partial charge is 0.497 e. The molecular formula is C21H19ClN4O3. The lowest BCUT2D eigenvalue weighted by Gasteiger charge is -2.06. The first-order chi connectivity index (χ1) is 14.1. The van der Waals surface area contributed by atoms with Crippen LogP contribution in [-0.4, -0.2) is 29.1 Å². The molecule has 0 aliphatic heterocycles. The summed E-state index contributed by atoms with van der Waals surface area (Å²) in [6, 6.07) is 16.4. The number of rotatable bonds is 5. The molecule has 0 saturated heterocycles. The number of aromatic nitrogens is 2. The van der Waals surface area contributed by atoms with Gasteiger partial charge < -0.3 is 4.74 Å². The van der Waals surface area contributed by atoms with Crippen molar-refractivity contribution >= 4 is 23.4 Å². The molecule has 2 amide bonds. The summed E-state index contributed by atoms with van der Waals surface area (Å²) < 4.78 is 5.13. The van der Waals surface area contributed by atoms with E-state index in [1.54, 1.807) is 13.2 Å². The maximum atomic E-state index is 12.3. The van der Waals surface area contributed by atoms with Gasteiger partial charge in [-0.05, 0) is 54.3 Å². The number of halogens is 1. The van der Waals surface area contributed by atoms with Gasteiger partial charge in [0.05, 0.1) is 12.8 Å². The number of hydrazine groups is 1. The second kappa shape index (κ2) is 7.97. The number of hydrogen-bond donors (Lipinski definition) is 3. The van der Waals surface area contributed by atoms with Crippen LogP contribution in [0.1, 0.15) is 28.4 Å². The Kier molecular flexibility index (Phi) is 5.22. The molecule has 1 saturated carbocycles. The number of aromatic amines is 1. The zero-order chi connectivity index (χ0) is 20.4. The number of benzene rings is 2. The fraction of sp³-hybridized carbons (Fsp3) is 0.190. The quantitative estimate of drug-likeness (QED) is 0.562. The molecule has 1 aromatic heterocycles. The second-order valence-corrected chi connectivity index (χ2v) is 7.22. The third kappa shape index (κ3) is 4.09. The third-order valence-corrected chi connectivity index (χ3v) is 5.28. The fourth-order valence-corrected chi connectivity index (χ4v) is 3.51. The summed E-state index contributed by atoms with van der Waals surface area (Å²) in [6.07, 6.45) is 0.705. The van der Waals surface area contributed by atoms with E-state index in [2.05, 4.69) is 21.0 Å². The highest BCUT2D eigenvalue weighted by molar-refractivity contribution is 6.31. The van der Waals surface area contributed by atoms with Gasteiger partial charge >= 0.3 is 0 Å². The summed E-state index contributed by atoms with van der Waals surface area (Å²) in [7, 11) is 1.60. The summed E-state index contributed by atoms with van der Waals surface area (Å²) in [5.74, 6) is -0.0971. The molecule has 1 heterocycles. The maximum absolute atomic E-state index is 12.3. The second-order valence-electron chi connectivity index (χ2n) is 6.81. The van der Waals surface area contributed by atoms with Gasteiger partial charge in [0, 0.05) is 16.5 Å². The smallest absolute Gasteiger partial charge is 0.287 e. The zero-order valence-corrected chi connectivity index (χ0v) is 16.4. The standard InChI is InChI=1S/C21H19ClN4O3/c1-29-13-8-6-12(7-9-13)18-11-19(24-23-18)21(28)26-25-20(27)16-10-15(16)14-4-2-3-5-17(14)22/h2-9,11,15-16H,10H2,1H3,(H,23,24)(H,25,27)(H,26,28). The molecule has 0 bridgehead atoms. The topological polar surface area (TPSA) is 96.1 Å². The van der Waals surface area contributed by atoms with Gasteiger partial charge in [-0.25, -0.2) is 0 Å². The first-order valence-corrected chi connectivity index (χ1v) is 9.49. The predicted molar refractivity (Wildman–Crippen MR) is 108 cm³/mol. The van der Waals surface area contributed by atoms with Crippen molar-refractivity contribution in [3.05, 3.63) is 70.9 Å². The summed E-state index contributed by atoms with van der Waals surface area (Å²) in [6.45, 7) is 0. The SMILES string of the molecule is COc1ccc(-c2cc(C(=O)NNC(=O)C3CC3c3ccccc3Cl)[nH]n2)cc1. The maximum Gasteiger partial charge on any atom is 0.287 e. The molecule has 2 unspecified atom stereocenters. The van der Waals surface area contributed by atoms with Crippen molar-refractivity contribution in [2.45, 2.75) is 12.3 Å². The number of carbonyl (C=O) groups is 2. The molecule has 4 rings (SSSR count). The molecule has 1 fully saturated rings. The summed E-state index contributed by atoms with van der Waals surface area (Å²) in [5, 5.41) is 7.48. The van der Waals surface area contributed by atoms with E-state index in [9.17, 15) is 9.59 Å². The molecule has 8 heteroatoms. The van der Waals surface area contributed by atoms with Crippen LogP contribution >= 0.6 is 11.6 Å². The third-order valence-electron chi connectivity index (χ3n) is 4.94. The number of amides is 2. The van der Waals surface area contributed by atoms with E-state index in [0.717, 1.165) is 16.9 Å². The Morgan fingerprint density at radius 1 is 1.14 bits per heavy atom. The van der Waals surface area contributed by atoms with Crippen LogP contribution in [0.5, 0.6) is 5.75 Å². The normalized spacial score (nSPS) is 17.4. The van der Waals surface area contributed by atoms with Gasteiger partial charge in [0.1, 0.15) is 11.4 Å². The predicted octanol–water partition coefficient (Wildman–Crippen LogP) is 3.30. The number of hydrogen-bond acceptors (Lipinski definition) is 4. The van der Waals surface area contributed by atoms with E-state index in [4.69, 9.17) is 16.3 Å². The van der Waals surface area contributed by atoms with Crippen molar-refractivity contribution in [3.8, 4) is 17.0 Å². The first kappa shape index (κ1) is 19.0. The molecule has 29 heavy (non-hydrogen) atoms. The van der Waals surface area contributed by atoms with E-state index in [-0.39, 0.29) is 23.4 Å². The van der Waals surface area contributed by atoms with E-state index in [1.165, 1.54) is 0 Å². The van der Waals surface area contributed by atoms with E-state index < -0.39 is 5.91 Å². The van der Waals surface area contributed by atoms with Gasteiger partial charge in [0.15, 0.2) is 0 Å². The molecule has 2 aromatic carbocycles. The Labute approximate surface area is 172 Å². The van der Waals surface area contributed by atoms with Crippen molar-refractivity contribution in [1.29, 1.82) is 0 Å². The lowest BCUT2D eigenvalue weighted by molar-refractivity contribution is -0.123. The average Bonchev–Trinajstić information content (AvgIpc) is 3.39. The molecule has 1 aliphatic rings. The monoisotopic (exact) mass is 410 g/mol. The first-order valence-electron chi connectivity index (χ1n) is 9.11. The summed E-state index contributed by atoms with van der Waals surface area (Å²) in [5.41, 5.74) is 7.56. The fourth-order valence-electron chi connectivity index (χ4n) is 3.23. The van der Waals surface area contributed by atoms with Crippen molar-refractivity contribution in [2.24, 2.45) is 5.92 Å². The average molecular weight is 411 g/mol. The molecule has 3 N–H and O–H groups in total. The Morgan fingerprint density at radius 3 is 2.62 bits per heavy atom. The minimum Gasteiger partial charge on any atom is -0.497 e. The van der Waals surface area contributed by atoms with Crippen LogP contribution in [0.4, 0.5) is 0 Å². The van der Waals surface area contributed by atoms with Gasteiger partial charge in [0.2, 0.25) is 5.91 Å². The van der Waals surface area contributed by atoms with Crippen LogP contribution in [-0.2, 0) is 4.79 Å². The van der Waals surface area contributed by atoms with Crippen LogP contribution < -0.4 is 15.6 Å². The highest BCUT2D eigenvalue weighted by atomic mass is 35.5. The van der Waals surface area contributed by atoms with E-state index in [1.807, 2.05) is 48.5 Å². The molecular weight excluding hydrogens is 392 g/mol. The van der Waals surface area contributed by atoms with Crippen molar-refractivity contribution in [1.82, 2.24) is 21.0 Å². The highest BCUT2D eigenvalue weighted by Crippen LogP contribution is 2.49. The Bertz CT molecular complexity index is 1050. The minimum atomic E-state index is -0.472. The minimum absolute atomic E-state index is 0.0782. The number of H-pyrrole nitrogens is 1. The van der Waals surface area contributed by atoms with Gasteiger partial charge in [-0.2, -0.15) is 5.10 Å². The Balaban J connectivity index is 1.33. The van der Waals surface area contributed by atoms with E-state index >= 15 is 0 Å². The molecule has 0 radical (unpaired) electrons. The number of ether oxygens (including phenoxy) is 1. The summed E-state index contributed by atoms with van der Waals surface area (Å²) >= 11 is 6.19. The van der Waals surface area contributed by atoms with Gasteiger partial charge in [0.25, 0.3) is 5.91 Å². The molecule has 148 valence electrons. The van der Waals surface area contributed by atoms with Crippen LogP contribution in [0, 0.1) is 5.92 Å². The Hall–Kier alpha value is -3.32. The van der Waals surface area contributed by atoms with E-state index in [0.29, 0.717) is 17.1 Å². The molecule has 3 aromatic rings. The number of carbonyl (C=O) groups excluding carboxylic acids is 2. The molecule has 1 aliphatic carbocycles. The van der Waals surface area contributed by atoms with Crippen LogP contribution in [0.3, 0.4) is 0 Å². The Morgan fingerprint density at radius 2 is 1.90 bits per heavy atom. The lowest BCUT2D eigenvalue weighted by atomic mass is 10.1. The van der Waals surface area contributed by atoms with Crippen molar-refractivity contribution in [3.63, 3.8) is 0 Å². The van der Waals surface area contributed by atoms with Crippen LogP contribution in [0.2, 0.25) is 5.02 Å². The highest BCUT2D eigenvalue weighted by Gasteiger charge is 2.44. The van der Waals surface area contributed by atoms with Crippen LogP contribution in [0.25, 0.3) is 11.3 Å². The molecule has 0 spiro atoms. The number of nitrogens with one attached hydrogen (secondary N) is 3. The molecule has 7 nitrogen and oxygen atoms in total. The van der Waals surface area contributed by atoms with Crippen molar-refractivity contribution in [2.75, 3.05) is 7.11 Å².